The molecule has 0 unspecified atom stereocenters. The molecule has 35 heavy (non-hydrogen) atoms. The first-order chi connectivity index (χ1) is 17.0. The molecule has 1 atom stereocenters. The van der Waals surface area contributed by atoms with Gasteiger partial charge in [0.1, 0.15) is 0 Å². The van der Waals surface area contributed by atoms with E-state index in [1.165, 1.54) is 12.5 Å². The van der Waals surface area contributed by atoms with Gasteiger partial charge in [-0.05, 0) is 54.1 Å². The molecule has 3 aromatic rings. The van der Waals surface area contributed by atoms with Crippen molar-refractivity contribution in [3.8, 4) is 23.0 Å². The smallest absolute Gasteiger partial charge is 0.238 e. The highest BCUT2D eigenvalue weighted by atomic mass is 32.1. The van der Waals surface area contributed by atoms with Gasteiger partial charge in [0.15, 0.2) is 28.8 Å². The standard InChI is InChI=1S/C26H26N2O6S/c1-15(29)17-10-22-23(34-14-33-22)12-19(17)27-25(30)13-28-7-6-16-9-20(31-2)21(32-3)11-18(16)26(28)24-5-4-8-35-24/h4-5,8-12,26H,6-7,13-14H2,1-3H3,(H,27,30)/t26-/m1/s1. The zero-order chi connectivity index (χ0) is 24.5. The Balaban J connectivity index is 1.43. The van der Waals surface area contributed by atoms with Gasteiger partial charge < -0.3 is 24.3 Å². The van der Waals surface area contributed by atoms with Gasteiger partial charge in [0.25, 0.3) is 0 Å². The summed E-state index contributed by atoms with van der Waals surface area (Å²) in [7, 11) is 3.25. The molecule has 3 heterocycles. The number of nitrogens with zero attached hydrogens (tertiary/aromatic N) is 1. The first kappa shape index (κ1) is 23.2. The Morgan fingerprint density at radius 1 is 1.11 bits per heavy atom. The van der Waals surface area contributed by atoms with Crippen LogP contribution in [0.25, 0.3) is 0 Å². The van der Waals surface area contributed by atoms with Crippen LogP contribution in [0.5, 0.6) is 23.0 Å². The Morgan fingerprint density at radius 3 is 2.54 bits per heavy atom. The number of hydrogen-bond donors (Lipinski definition) is 1. The first-order valence-corrected chi connectivity index (χ1v) is 12.1. The summed E-state index contributed by atoms with van der Waals surface area (Å²) in [5.41, 5.74) is 3.07. The number of carbonyl (C=O) groups is 2. The Morgan fingerprint density at radius 2 is 1.86 bits per heavy atom. The summed E-state index contributed by atoms with van der Waals surface area (Å²) < 4.78 is 21.9. The second kappa shape index (κ2) is 9.59. The van der Waals surface area contributed by atoms with E-state index in [-0.39, 0.29) is 31.1 Å². The van der Waals surface area contributed by atoms with Gasteiger partial charge in [-0.2, -0.15) is 0 Å². The number of Topliss-reactive ketones (excluding diaryl/α,β-unsaturated/α-hetero) is 1. The second-order valence-electron chi connectivity index (χ2n) is 8.40. The van der Waals surface area contributed by atoms with Gasteiger partial charge in [0.2, 0.25) is 12.7 Å². The van der Waals surface area contributed by atoms with Crippen molar-refractivity contribution in [3.63, 3.8) is 0 Å². The van der Waals surface area contributed by atoms with Gasteiger partial charge in [0.05, 0.1) is 32.5 Å². The maximum absolute atomic E-state index is 13.2. The van der Waals surface area contributed by atoms with E-state index in [0.29, 0.717) is 40.8 Å². The van der Waals surface area contributed by atoms with Gasteiger partial charge in [-0.25, -0.2) is 0 Å². The summed E-state index contributed by atoms with van der Waals surface area (Å²) >= 11 is 1.65. The number of benzene rings is 2. The largest absolute Gasteiger partial charge is 0.493 e. The minimum absolute atomic E-state index is 0.0913. The van der Waals surface area contributed by atoms with Crippen molar-refractivity contribution in [1.29, 1.82) is 0 Å². The lowest BCUT2D eigenvalue weighted by atomic mass is 9.91. The molecule has 2 aliphatic heterocycles. The molecule has 2 aliphatic rings. The molecule has 182 valence electrons. The minimum atomic E-state index is -0.211. The van der Waals surface area contributed by atoms with Gasteiger partial charge in [-0.15, -0.1) is 11.3 Å². The molecule has 1 amide bonds. The first-order valence-electron chi connectivity index (χ1n) is 11.2. The van der Waals surface area contributed by atoms with Crippen LogP contribution in [-0.4, -0.2) is 50.7 Å². The Kier molecular flexibility index (Phi) is 6.36. The van der Waals surface area contributed by atoms with Crippen molar-refractivity contribution >= 4 is 28.7 Å². The van der Waals surface area contributed by atoms with Gasteiger partial charge in [0, 0.05) is 23.1 Å². The summed E-state index contributed by atoms with van der Waals surface area (Å²) in [6.07, 6.45) is 0.771. The quantitative estimate of drug-likeness (QED) is 0.491. The van der Waals surface area contributed by atoms with Crippen molar-refractivity contribution in [3.05, 3.63) is 63.3 Å². The molecule has 1 aromatic heterocycles. The van der Waals surface area contributed by atoms with Crippen LogP contribution in [0.4, 0.5) is 5.69 Å². The van der Waals surface area contributed by atoms with Crippen LogP contribution in [-0.2, 0) is 11.2 Å². The summed E-state index contributed by atoms with van der Waals surface area (Å²) in [6, 6.07) is 11.3. The highest BCUT2D eigenvalue weighted by Crippen LogP contribution is 2.42. The highest BCUT2D eigenvalue weighted by molar-refractivity contribution is 7.10. The van der Waals surface area contributed by atoms with Crippen LogP contribution in [0.15, 0.2) is 41.8 Å². The molecule has 0 bridgehead atoms. The van der Waals surface area contributed by atoms with Gasteiger partial charge >= 0.3 is 0 Å². The van der Waals surface area contributed by atoms with Crippen LogP contribution in [0.3, 0.4) is 0 Å². The van der Waals surface area contributed by atoms with E-state index in [0.717, 1.165) is 16.9 Å². The molecule has 0 saturated heterocycles. The Hall–Kier alpha value is -3.56. The van der Waals surface area contributed by atoms with E-state index in [9.17, 15) is 9.59 Å². The van der Waals surface area contributed by atoms with E-state index in [1.54, 1.807) is 37.7 Å². The van der Waals surface area contributed by atoms with E-state index >= 15 is 0 Å². The number of ketones is 1. The SMILES string of the molecule is COc1cc2c(cc1OC)[C@H](c1cccs1)N(CC(=O)Nc1cc3c(cc1C(C)=O)OCO3)CC2. The predicted molar refractivity (Wildman–Crippen MR) is 132 cm³/mol. The molecule has 8 nitrogen and oxygen atoms in total. The summed E-state index contributed by atoms with van der Waals surface area (Å²) in [4.78, 5) is 28.7. The maximum Gasteiger partial charge on any atom is 0.238 e. The predicted octanol–water partition coefficient (Wildman–Crippen LogP) is 4.28. The Labute approximate surface area is 207 Å². The number of anilines is 1. The number of hydrogen-bond acceptors (Lipinski definition) is 8. The fourth-order valence-corrected chi connectivity index (χ4v) is 5.54. The third kappa shape index (κ3) is 4.44. The molecule has 9 heteroatoms. The average Bonchev–Trinajstić information content (AvgIpc) is 3.54. The lowest BCUT2D eigenvalue weighted by Crippen LogP contribution is -2.41. The molecule has 0 spiro atoms. The molecule has 2 aromatic carbocycles. The minimum Gasteiger partial charge on any atom is -0.493 e. The number of thiophene rings is 1. The van der Waals surface area contributed by atoms with Crippen molar-refractivity contribution < 1.29 is 28.5 Å². The highest BCUT2D eigenvalue weighted by Gasteiger charge is 2.32. The van der Waals surface area contributed by atoms with Crippen LogP contribution in [0.1, 0.15) is 39.3 Å². The molecule has 0 radical (unpaired) electrons. The number of amides is 1. The number of nitrogens with one attached hydrogen (secondary N) is 1. The summed E-state index contributed by atoms with van der Waals surface area (Å²) in [5, 5.41) is 4.96. The average molecular weight is 495 g/mol. The molecule has 0 saturated carbocycles. The normalized spacial score (nSPS) is 16.5. The van der Waals surface area contributed by atoms with E-state index < -0.39 is 0 Å². The zero-order valence-electron chi connectivity index (χ0n) is 19.8. The van der Waals surface area contributed by atoms with Crippen LogP contribution in [0.2, 0.25) is 0 Å². The molecule has 5 rings (SSSR count). The summed E-state index contributed by atoms with van der Waals surface area (Å²) in [6.45, 7) is 2.40. The van der Waals surface area contributed by atoms with Crippen molar-refractivity contribution in [2.24, 2.45) is 0 Å². The van der Waals surface area contributed by atoms with E-state index in [4.69, 9.17) is 18.9 Å². The number of methoxy groups -OCH3 is 2. The van der Waals surface area contributed by atoms with E-state index in [2.05, 4.69) is 16.3 Å². The monoisotopic (exact) mass is 494 g/mol. The second-order valence-corrected chi connectivity index (χ2v) is 9.38. The maximum atomic E-state index is 13.2. The van der Waals surface area contributed by atoms with Gasteiger partial charge in [-0.1, -0.05) is 6.07 Å². The van der Waals surface area contributed by atoms with Crippen molar-refractivity contribution in [2.75, 3.05) is 39.4 Å². The van der Waals surface area contributed by atoms with Crippen LogP contribution >= 0.6 is 11.3 Å². The topological polar surface area (TPSA) is 86.3 Å². The van der Waals surface area contributed by atoms with Gasteiger partial charge in [-0.3, -0.25) is 14.5 Å². The molecular weight excluding hydrogens is 468 g/mol. The number of fused-ring (bicyclic) bond motifs is 2. The fourth-order valence-electron chi connectivity index (χ4n) is 4.66. The summed E-state index contributed by atoms with van der Waals surface area (Å²) in [5.74, 6) is 1.99. The number of ether oxygens (including phenoxy) is 4. The van der Waals surface area contributed by atoms with Crippen molar-refractivity contribution in [1.82, 2.24) is 4.90 Å². The molecule has 1 N–H and O–H groups in total. The fraction of sp³-hybridized carbons (Fsp3) is 0.308. The number of carbonyl (C=O) groups excluding carboxylic acids is 2. The zero-order valence-corrected chi connectivity index (χ0v) is 20.6. The third-order valence-corrected chi connectivity index (χ3v) is 7.22. The Bertz CT molecular complexity index is 1270. The lowest BCUT2D eigenvalue weighted by molar-refractivity contribution is -0.117. The molecular formula is C26H26N2O6S. The van der Waals surface area contributed by atoms with Crippen LogP contribution < -0.4 is 24.3 Å². The third-order valence-electron chi connectivity index (χ3n) is 6.30. The lowest BCUT2D eigenvalue weighted by Gasteiger charge is -2.37. The van der Waals surface area contributed by atoms with E-state index in [1.807, 2.05) is 23.6 Å². The van der Waals surface area contributed by atoms with Crippen LogP contribution in [0, 0.1) is 0 Å². The van der Waals surface area contributed by atoms with Crippen molar-refractivity contribution in [2.45, 2.75) is 19.4 Å². The number of rotatable bonds is 7. The molecule has 0 fully saturated rings. The molecule has 0 aliphatic carbocycles.